The first-order valence-corrected chi connectivity index (χ1v) is 9.19. The van der Waals surface area contributed by atoms with Crippen LogP contribution in [0.1, 0.15) is 35.3 Å². The summed E-state index contributed by atoms with van der Waals surface area (Å²) in [6.45, 7) is 4.44. The number of para-hydroxylation sites is 1. The fourth-order valence-corrected chi connectivity index (χ4v) is 3.21. The van der Waals surface area contributed by atoms with Crippen LogP contribution in [0.2, 0.25) is 0 Å². The fraction of sp³-hybridized carbons (Fsp3) is 0.217. The first-order chi connectivity index (χ1) is 13.6. The monoisotopic (exact) mass is 374 g/mol. The van der Waals surface area contributed by atoms with Crippen molar-refractivity contribution in [3.8, 4) is 17.6 Å². The van der Waals surface area contributed by atoms with Gasteiger partial charge in [-0.2, -0.15) is 5.26 Å². The zero-order valence-corrected chi connectivity index (χ0v) is 16.2. The van der Waals surface area contributed by atoms with E-state index in [1.54, 1.807) is 37.6 Å². The number of benzene rings is 2. The highest BCUT2D eigenvalue weighted by Crippen LogP contribution is 2.30. The highest BCUT2D eigenvalue weighted by Gasteiger charge is 2.18. The maximum atomic E-state index is 13.0. The third-order valence-electron chi connectivity index (χ3n) is 4.59. The van der Waals surface area contributed by atoms with Gasteiger partial charge in [0.1, 0.15) is 11.6 Å². The van der Waals surface area contributed by atoms with Crippen molar-refractivity contribution < 1.29 is 14.3 Å². The molecule has 0 aliphatic carbocycles. The number of fused-ring (bicyclic) bond motifs is 1. The number of nitriles is 1. The number of carbonyl (C=O) groups excluding carboxylic acids is 1. The molecule has 3 aromatic rings. The van der Waals surface area contributed by atoms with Crippen molar-refractivity contribution in [2.75, 3.05) is 13.7 Å². The van der Waals surface area contributed by atoms with Gasteiger partial charge in [-0.3, -0.25) is 4.79 Å². The molecule has 0 radical (unpaired) electrons. The third-order valence-corrected chi connectivity index (χ3v) is 4.59. The molecule has 1 N–H and O–H groups in total. The van der Waals surface area contributed by atoms with Crippen molar-refractivity contribution in [1.29, 1.82) is 5.26 Å². The highest BCUT2D eigenvalue weighted by molar-refractivity contribution is 6.20. The topological polar surface area (TPSA) is 75.1 Å². The number of methoxy groups -OCH3 is 1. The van der Waals surface area contributed by atoms with E-state index >= 15 is 0 Å². The Labute approximate surface area is 164 Å². The third kappa shape index (κ3) is 3.63. The lowest BCUT2D eigenvalue weighted by molar-refractivity contribution is 0.104. The second-order valence-corrected chi connectivity index (χ2v) is 6.24. The second-order valence-electron chi connectivity index (χ2n) is 6.24. The van der Waals surface area contributed by atoms with Crippen LogP contribution in [0.5, 0.6) is 11.5 Å². The molecule has 0 amide bonds. The van der Waals surface area contributed by atoms with E-state index in [1.807, 2.05) is 31.2 Å². The van der Waals surface area contributed by atoms with Crippen LogP contribution in [0, 0.1) is 11.3 Å². The Kier molecular flexibility index (Phi) is 5.81. The number of aromatic nitrogens is 1. The summed E-state index contributed by atoms with van der Waals surface area (Å²) in [7, 11) is 1.57. The summed E-state index contributed by atoms with van der Waals surface area (Å²) in [5, 5.41) is 10.4. The Morgan fingerprint density at radius 2 is 2.04 bits per heavy atom. The van der Waals surface area contributed by atoms with Crippen LogP contribution in [0.4, 0.5) is 0 Å². The van der Waals surface area contributed by atoms with E-state index in [2.05, 4.69) is 11.9 Å². The minimum Gasteiger partial charge on any atom is -0.493 e. The minimum absolute atomic E-state index is 0.0652. The Bertz CT molecular complexity index is 1090. The zero-order valence-electron chi connectivity index (χ0n) is 16.2. The molecule has 0 bridgehead atoms. The van der Waals surface area contributed by atoms with Gasteiger partial charge in [-0.15, -0.1) is 0 Å². The molecule has 0 saturated heterocycles. The van der Waals surface area contributed by atoms with Crippen LogP contribution in [0.25, 0.3) is 17.0 Å². The number of nitrogens with zero attached hydrogens (tertiary/aromatic N) is 1. The number of allylic oxidation sites excluding steroid dienone is 1. The van der Waals surface area contributed by atoms with Crippen LogP contribution >= 0.6 is 0 Å². The maximum Gasteiger partial charge on any atom is 0.205 e. The number of nitrogens with one attached hydrogen (secondary N) is 1. The molecule has 1 heterocycles. The Balaban J connectivity index is 2.01. The lowest BCUT2D eigenvalue weighted by Gasteiger charge is -2.09. The van der Waals surface area contributed by atoms with Crippen molar-refractivity contribution in [3.63, 3.8) is 0 Å². The van der Waals surface area contributed by atoms with Gasteiger partial charge in [0.15, 0.2) is 11.5 Å². The quantitative estimate of drug-likeness (QED) is 0.361. The second kappa shape index (κ2) is 8.45. The number of hydrogen-bond acceptors (Lipinski definition) is 4. The molecule has 0 unspecified atom stereocenters. The number of aryl methyl sites for hydroxylation is 1. The molecular weight excluding hydrogens is 352 g/mol. The summed E-state index contributed by atoms with van der Waals surface area (Å²) in [6, 6.07) is 13.2. The summed E-state index contributed by atoms with van der Waals surface area (Å²) >= 11 is 0. The van der Waals surface area contributed by atoms with E-state index in [9.17, 15) is 10.1 Å². The summed E-state index contributed by atoms with van der Waals surface area (Å²) in [5.74, 6) is 0.867. The van der Waals surface area contributed by atoms with E-state index in [-0.39, 0.29) is 11.4 Å². The first kappa shape index (κ1) is 19.2. The summed E-state index contributed by atoms with van der Waals surface area (Å²) < 4.78 is 10.9. The summed E-state index contributed by atoms with van der Waals surface area (Å²) in [6.07, 6.45) is 4.11. The van der Waals surface area contributed by atoms with Crippen LogP contribution < -0.4 is 9.47 Å². The van der Waals surface area contributed by atoms with E-state index in [0.29, 0.717) is 29.2 Å². The number of hydrogen-bond donors (Lipinski definition) is 1. The Morgan fingerprint density at radius 3 is 2.71 bits per heavy atom. The van der Waals surface area contributed by atoms with Gasteiger partial charge in [-0.1, -0.05) is 31.2 Å². The van der Waals surface area contributed by atoms with E-state index < -0.39 is 0 Å². The van der Waals surface area contributed by atoms with Crippen molar-refractivity contribution >= 4 is 22.8 Å². The van der Waals surface area contributed by atoms with Gasteiger partial charge in [0.05, 0.1) is 13.7 Å². The van der Waals surface area contributed by atoms with Gasteiger partial charge in [-0.05, 0) is 42.7 Å². The summed E-state index contributed by atoms with van der Waals surface area (Å²) in [5.41, 5.74) is 3.33. The molecule has 0 aliphatic rings. The van der Waals surface area contributed by atoms with Crippen molar-refractivity contribution in [3.05, 3.63) is 64.9 Å². The average Bonchev–Trinajstić information content (AvgIpc) is 3.16. The highest BCUT2D eigenvalue weighted by atomic mass is 16.5. The lowest BCUT2D eigenvalue weighted by atomic mass is 9.99. The van der Waals surface area contributed by atoms with E-state index in [4.69, 9.17) is 9.47 Å². The lowest BCUT2D eigenvalue weighted by Crippen LogP contribution is -2.01. The number of rotatable bonds is 7. The van der Waals surface area contributed by atoms with Crippen molar-refractivity contribution in [2.24, 2.45) is 0 Å². The van der Waals surface area contributed by atoms with E-state index in [1.165, 1.54) is 0 Å². The molecule has 0 spiro atoms. The number of ketones is 1. The molecule has 142 valence electrons. The molecule has 5 nitrogen and oxygen atoms in total. The van der Waals surface area contributed by atoms with Crippen molar-refractivity contribution in [2.45, 2.75) is 20.3 Å². The van der Waals surface area contributed by atoms with Crippen molar-refractivity contribution in [1.82, 2.24) is 4.98 Å². The number of Topliss-reactive ketones (excluding diaryl/α,β-unsaturated/α-hetero) is 1. The Morgan fingerprint density at radius 1 is 1.21 bits per heavy atom. The molecular formula is C23H22N2O3. The Hall–Kier alpha value is -3.52. The molecule has 0 saturated carbocycles. The number of aromatic amines is 1. The first-order valence-electron chi connectivity index (χ1n) is 9.19. The van der Waals surface area contributed by atoms with E-state index in [0.717, 1.165) is 22.9 Å². The summed E-state index contributed by atoms with van der Waals surface area (Å²) in [4.78, 5) is 16.2. The number of carbonyl (C=O) groups is 1. The zero-order chi connectivity index (χ0) is 20.1. The van der Waals surface area contributed by atoms with Gasteiger partial charge in [0.2, 0.25) is 5.78 Å². The number of ether oxygens (including phenoxy) is 2. The van der Waals surface area contributed by atoms with Gasteiger partial charge < -0.3 is 14.5 Å². The molecule has 0 aliphatic heterocycles. The molecule has 2 aromatic carbocycles. The predicted molar refractivity (Wildman–Crippen MR) is 110 cm³/mol. The molecule has 0 atom stereocenters. The normalized spacial score (nSPS) is 11.3. The van der Waals surface area contributed by atoms with Gasteiger partial charge >= 0.3 is 0 Å². The molecule has 1 aromatic heterocycles. The van der Waals surface area contributed by atoms with Gasteiger partial charge in [-0.25, -0.2) is 0 Å². The fourth-order valence-electron chi connectivity index (χ4n) is 3.21. The molecule has 0 fully saturated rings. The van der Waals surface area contributed by atoms with Gasteiger partial charge in [0.25, 0.3) is 0 Å². The SMILES string of the molecule is CCOc1cc(/C=C(\C#N)C(=O)c2c[nH]c3c(CC)cccc23)ccc1OC. The predicted octanol–water partition coefficient (Wildman–Crippen LogP) is 4.93. The maximum absolute atomic E-state index is 13.0. The smallest absolute Gasteiger partial charge is 0.205 e. The minimum atomic E-state index is -0.309. The number of H-pyrrole nitrogens is 1. The average molecular weight is 374 g/mol. The standard InChI is InChI=1S/C23H22N2O3/c1-4-16-7-6-8-18-19(14-25-22(16)18)23(26)17(13-24)11-15-9-10-20(27-3)21(12-15)28-5-2/h6-12,14,25H,4-5H2,1-3H3/b17-11+. The molecule has 3 rings (SSSR count). The van der Waals surface area contributed by atoms with Crippen LogP contribution in [-0.4, -0.2) is 24.5 Å². The molecule has 28 heavy (non-hydrogen) atoms. The van der Waals surface area contributed by atoms with Crippen LogP contribution in [0.3, 0.4) is 0 Å². The largest absolute Gasteiger partial charge is 0.493 e. The molecule has 5 heteroatoms. The van der Waals surface area contributed by atoms with Crippen LogP contribution in [0.15, 0.2) is 48.2 Å². The van der Waals surface area contributed by atoms with Crippen LogP contribution in [-0.2, 0) is 6.42 Å². The van der Waals surface area contributed by atoms with Gasteiger partial charge in [0, 0.05) is 22.7 Å².